The summed E-state index contributed by atoms with van der Waals surface area (Å²) in [7, 11) is 0. The zero-order chi connectivity index (χ0) is 24.5. The van der Waals surface area contributed by atoms with Gasteiger partial charge in [-0.1, -0.05) is 72.4 Å². The minimum Gasteiger partial charge on any atom is -0.352 e. The maximum Gasteiger partial charge on any atom is 0.243 e. The average molecular weight is 550 g/mol. The molecule has 0 aliphatic carbocycles. The maximum absolute atomic E-state index is 13.3. The molecular weight excluding hydrogens is 522 g/mol. The molecule has 0 fully saturated rings. The van der Waals surface area contributed by atoms with Gasteiger partial charge in [0.25, 0.3) is 0 Å². The summed E-state index contributed by atoms with van der Waals surface area (Å²) < 4.78 is 0. The van der Waals surface area contributed by atoms with E-state index in [2.05, 4.69) is 5.32 Å². The number of thioether (sulfide) groups is 1. The lowest BCUT2D eigenvalue weighted by Crippen LogP contribution is -2.51. The molecule has 0 saturated heterocycles. The van der Waals surface area contributed by atoms with Crippen molar-refractivity contribution in [3.05, 3.63) is 67.6 Å². The van der Waals surface area contributed by atoms with E-state index in [-0.39, 0.29) is 30.2 Å². The minimum absolute atomic E-state index is 0.0176. The van der Waals surface area contributed by atoms with Gasteiger partial charge in [0.05, 0.1) is 5.75 Å². The highest BCUT2D eigenvalue weighted by atomic mass is 35.5. The summed E-state index contributed by atoms with van der Waals surface area (Å²) in [5, 5.41) is 5.09. The van der Waals surface area contributed by atoms with Gasteiger partial charge in [-0.25, -0.2) is 0 Å². The number of halogens is 4. The Morgan fingerprint density at radius 2 is 1.52 bits per heavy atom. The van der Waals surface area contributed by atoms with Crippen molar-refractivity contribution in [3.8, 4) is 0 Å². The Morgan fingerprint density at radius 3 is 2.03 bits per heavy atom. The van der Waals surface area contributed by atoms with E-state index in [0.29, 0.717) is 32.3 Å². The highest BCUT2D eigenvalue weighted by molar-refractivity contribution is 7.99. The first-order valence-electron chi connectivity index (χ1n) is 10.7. The van der Waals surface area contributed by atoms with Crippen LogP contribution in [-0.4, -0.2) is 34.6 Å². The lowest BCUT2D eigenvalue weighted by Gasteiger charge is -2.31. The van der Waals surface area contributed by atoms with E-state index in [1.807, 2.05) is 26.8 Å². The Balaban J connectivity index is 2.20. The summed E-state index contributed by atoms with van der Waals surface area (Å²) in [6, 6.07) is 9.85. The first-order valence-corrected chi connectivity index (χ1v) is 13.4. The average Bonchev–Trinajstić information content (AvgIpc) is 2.76. The molecule has 4 nitrogen and oxygen atoms in total. The van der Waals surface area contributed by atoms with E-state index in [1.54, 1.807) is 35.2 Å². The molecule has 1 N–H and O–H groups in total. The number of nitrogens with one attached hydrogen (secondary N) is 1. The van der Waals surface area contributed by atoms with Gasteiger partial charge in [0.1, 0.15) is 6.04 Å². The van der Waals surface area contributed by atoms with Crippen LogP contribution in [0.3, 0.4) is 0 Å². The fourth-order valence-electron chi connectivity index (χ4n) is 3.16. The molecule has 2 aromatic carbocycles. The lowest BCUT2D eigenvalue weighted by atomic mass is 10.1. The van der Waals surface area contributed by atoms with Gasteiger partial charge in [-0.3, -0.25) is 9.59 Å². The molecule has 0 spiro atoms. The number of hydrogen-bond donors (Lipinski definition) is 1. The highest BCUT2D eigenvalue weighted by Gasteiger charge is 2.29. The fourth-order valence-corrected chi connectivity index (χ4v) is 5.10. The summed E-state index contributed by atoms with van der Waals surface area (Å²) in [4.78, 5) is 27.9. The van der Waals surface area contributed by atoms with Crippen molar-refractivity contribution in [1.29, 1.82) is 0 Å². The maximum atomic E-state index is 13.3. The third-order valence-corrected chi connectivity index (χ3v) is 7.38. The monoisotopic (exact) mass is 548 g/mol. The highest BCUT2D eigenvalue weighted by Crippen LogP contribution is 2.27. The minimum atomic E-state index is -0.613. The molecule has 180 valence electrons. The van der Waals surface area contributed by atoms with Crippen LogP contribution in [0, 0.1) is 0 Å². The molecule has 0 aliphatic rings. The zero-order valence-corrected chi connectivity index (χ0v) is 22.7. The van der Waals surface area contributed by atoms with Gasteiger partial charge in [-0.2, -0.15) is 0 Å². The van der Waals surface area contributed by atoms with E-state index < -0.39 is 6.04 Å². The van der Waals surface area contributed by atoms with Crippen molar-refractivity contribution >= 4 is 70.0 Å². The molecule has 0 aromatic heterocycles. The second-order valence-corrected chi connectivity index (χ2v) is 10.4. The molecule has 0 aliphatic heterocycles. The molecule has 0 heterocycles. The molecule has 0 saturated carbocycles. The Bertz CT molecular complexity index is 973. The third-order valence-electron chi connectivity index (χ3n) is 5.24. The van der Waals surface area contributed by atoms with Gasteiger partial charge in [-0.05, 0) is 55.2 Å². The number of amides is 2. The summed E-state index contributed by atoms with van der Waals surface area (Å²) >= 11 is 26.0. The molecule has 2 rings (SSSR count). The van der Waals surface area contributed by atoms with Gasteiger partial charge in [0.15, 0.2) is 0 Å². The smallest absolute Gasteiger partial charge is 0.243 e. The van der Waals surface area contributed by atoms with Crippen LogP contribution in [0.1, 0.15) is 44.7 Å². The first-order chi connectivity index (χ1) is 15.7. The van der Waals surface area contributed by atoms with Gasteiger partial charge in [0, 0.05) is 38.4 Å². The second-order valence-electron chi connectivity index (χ2n) is 7.73. The molecule has 33 heavy (non-hydrogen) atoms. The van der Waals surface area contributed by atoms with Crippen LogP contribution in [0.2, 0.25) is 20.1 Å². The van der Waals surface area contributed by atoms with E-state index in [1.165, 1.54) is 11.8 Å². The molecule has 0 bridgehead atoms. The van der Waals surface area contributed by atoms with Gasteiger partial charge < -0.3 is 10.2 Å². The van der Waals surface area contributed by atoms with Crippen LogP contribution in [0.5, 0.6) is 0 Å². The van der Waals surface area contributed by atoms with Crippen molar-refractivity contribution < 1.29 is 9.59 Å². The normalized spacial score (nSPS) is 12.8. The largest absolute Gasteiger partial charge is 0.352 e. The van der Waals surface area contributed by atoms with Crippen molar-refractivity contribution in [2.45, 2.75) is 58.0 Å². The van der Waals surface area contributed by atoms with E-state index in [9.17, 15) is 9.59 Å². The Hall–Kier alpha value is -1.11. The van der Waals surface area contributed by atoms with E-state index in [4.69, 9.17) is 46.4 Å². The van der Waals surface area contributed by atoms with Crippen LogP contribution >= 0.6 is 58.2 Å². The molecule has 2 atom stereocenters. The Morgan fingerprint density at radius 1 is 0.939 bits per heavy atom. The number of benzene rings is 2. The molecular formula is C24H28Cl4N2O2S. The summed E-state index contributed by atoms with van der Waals surface area (Å²) in [5.74, 6) is 0.419. The van der Waals surface area contributed by atoms with Crippen LogP contribution in [-0.2, 0) is 21.9 Å². The molecule has 0 unspecified atom stereocenters. The predicted octanol–water partition coefficient (Wildman–Crippen LogP) is 7.26. The van der Waals surface area contributed by atoms with Crippen molar-refractivity contribution in [3.63, 3.8) is 0 Å². The predicted molar refractivity (Wildman–Crippen MR) is 142 cm³/mol. The molecule has 9 heteroatoms. The van der Waals surface area contributed by atoms with Crippen molar-refractivity contribution in [2.24, 2.45) is 0 Å². The number of hydrogen-bond acceptors (Lipinski definition) is 3. The lowest BCUT2D eigenvalue weighted by molar-refractivity contribution is -0.139. The third kappa shape index (κ3) is 8.56. The van der Waals surface area contributed by atoms with Crippen molar-refractivity contribution in [2.75, 3.05) is 5.75 Å². The Kier molecular flexibility index (Phi) is 11.7. The standard InChI is InChI=1S/C24H28Cl4N2O2S/c1-4-15(3)29-24(32)22(5-2)30(12-16-6-8-18(25)10-20(16)27)23(31)14-33-13-17-7-9-19(26)11-21(17)28/h6-11,15,22H,4-5,12-14H2,1-3H3,(H,29,32)/t15-,22-/m1/s1. The van der Waals surface area contributed by atoms with Gasteiger partial charge in [0.2, 0.25) is 11.8 Å². The van der Waals surface area contributed by atoms with Crippen LogP contribution in [0.25, 0.3) is 0 Å². The summed E-state index contributed by atoms with van der Waals surface area (Å²) in [5.41, 5.74) is 1.63. The molecule has 2 aromatic rings. The fraction of sp³-hybridized carbons (Fsp3) is 0.417. The quantitative estimate of drug-likeness (QED) is 0.321. The zero-order valence-electron chi connectivity index (χ0n) is 18.8. The second kappa shape index (κ2) is 13.7. The van der Waals surface area contributed by atoms with Gasteiger partial charge in [-0.15, -0.1) is 11.8 Å². The number of nitrogens with zero attached hydrogens (tertiary/aromatic N) is 1. The summed E-state index contributed by atoms with van der Waals surface area (Å²) in [6.07, 6.45) is 1.28. The SMILES string of the molecule is CC[C@@H](C)NC(=O)[C@@H](CC)N(Cc1ccc(Cl)cc1Cl)C(=O)CSCc1ccc(Cl)cc1Cl. The molecule has 2 amide bonds. The number of rotatable bonds is 11. The summed E-state index contributed by atoms with van der Waals surface area (Å²) in [6.45, 7) is 6.05. The molecule has 0 radical (unpaired) electrons. The van der Waals surface area contributed by atoms with Gasteiger partial charge >= 0.3 is 0 Å². The topological polar surface area (TPSA) is 49.4 Å². The first kappa shape index (κ1) is 28.1. The van der Waals surface area contributed by atoms with E-state index >= 15 is 0 Å². The van der Waals surface area contributed by atoms with Crippen LogP contribution in [0.4, 0.5) is 0 Å². The number of carbonyl (C=O) groups is 2. The number of carbonyl (C=O) groups excluding carboxylic acids is 2. The Labute approximate surface area is 220 Å². The van der Waals surface area contributed by atoms with Crippen LogP contribution < -0.4 is 5.32 Å². The van der Waals surface area contributed by atoms with Crippen molar-refractivity contribution in [1.82, 2.24) is 10.2 Å². The van der Waals surface area contributed by atoms with E-state index in [0.717, 1.165) is 17.5 Å². The van der Waals surface area contributed by atoms with Crippen LogP contribution in [0.15, 0.2) is 36.4 Å².